The quantitative estimate of drug-likeness (QED) is 0.754. The lowest BCUT2D eigenvalue weighted by Gasteiger charge is -2.37. The van der Waals surface area contributed by atoms with Crippen molar-refractivity contribution in [2.75, 3.05) is 5.32 Å². The van der Waals surface area contributed by atoms with Crippen LogP contribution in [0.25, 0.3) is 0 Å². The second kappa shape index (κ2) is 5.07. The highest BCUT2D eigenvalue weighted by Crippen LogP contribution is 2.49. The molecule has 0 amide bonds. The molecular weight excluding hydrogens is 254 g/mol. The van der Waals surface area contributed by atoms with Crippen LogP contribution in [0, 0.1) is 5.92 Å². The third-order valence-corrected chi connectivity index (χ3v) is 4.99. The molecule has 0 aromatic heterocycles. The topological polar surface area (TPSA) is 12.0 Å². The van der Waals surface area contributed by atoms with E-state index >= 15 is 0 Å². The molecule has 2 aromatic carbocycles. The molecule has 4 rings (SSSR count). The fraction of sp³-hybridized carbons (Fsp3) is 0.300. The van der Waals surface area contributed by atoms with E-state index in [9.17, 15) is 0 Å². The molecule has 1 nitrogen and oxygen atoms in total. The maximum absolute atomic E-state index is 3.80. The number of hydrogen-bond donors (Lipinski definition) is 1. The molecule has 1 heterocycles. The van der Waals surface area contributed by atoms with Gasteiger partial charge in [-0.2, -0.15) is 0 Å². The van der Waals surface area contributed by atoms with Crippen molar-refractivity contribution in [3.63, 3.8) is 0 Å². The molecular formula is C20H21N. The first-order chi connectivity index (χ1) is 10.4. The van der Waals surface area contributed by atoms with Crippen LogP contribution < -0.4 is 5.32 Å². The molecule has 2 aromatic rings. The predicted octanol–water partition coefficient (Wildman–Crippen LogP) is 5.08. The van der Waals surface area contributed by atoms with Gasteiger partial charge in [0.15, 0.2) is 0 Å². The SMILES string of the molecule is CCc1ccc2c(c1)[C@H]1C=CC[C@H]1[C@@H](c1ccccc1)N2. The zero-order valence-corrected chi connectivity index (χ0v) is 12.4. The Hall–Kier alpha value is -2.02. The van der Waals surface area contributed by atoms with Gasteiger partial charge in [-0.05, 0) is 41.5 Å². The summed E-state index contributed by atoms with van der Waals surface area (Å²) in [4.78, 5) is 0. The van der Waals surface area contributed by atoms with Gasteiger partial charge in [0.05, 0.1) is 6.04 Å². The first kappa shape index (κ1) is 12.7. The molecule has 0 bridgehead atoms. The van der Waals surface area contributed by atoms with Gasteiger partial charge >= 0.3 is 0 Å². The van der Waals surface area contributed by atoms with Gasteiger partial charge in [-0.3, -0.25) is 0 Å². The highest BCUT2D eigenvalue weighted by molar-refractivity contribution is 5.60. The standard InChI is InChI=1S/C20H21N/c1-2-14-11-12-19-18(13-14)16-9-6-10-17(16)20(21-19)15-7-4-3-5-8-15/h3-9,11-13,16-17,20-21H,2,10H2,1H3/t16-,17+,20+/m0/s1. The van der Waals surface area contributed by atoms with E-state index < -0.39 is 0 Å². The van der Waals surface area contributed by atoms with Gasteiger partial charge in [0, 0.05) is 11.6 Å². The van der Waals surface area contributed by atoms with Gasteiger partial charge in [0.1, 0.15) is 0 Å². The highest BCUT2D eigenvalue weighted by Gasteiger charge is 2.37. The summed E-state index contributed by atoms with van der Waals surface area (Å²) < 4.78 is 0. The number of hydrogen-bond acceptors (Lipinski definition) is 1. The molecule has 106 valence electrons. The zero-order valence-electron chi connectivity index (χ0n) is 12.4. The normalized spacial score (nSPS) is 26.0. The molecule has 0 radical (unpaired) electrons. The Morgan fingerprint density at radius 2 is 1.95 bits per heavy atom. The van der Waals surface area contributed by atoms with Crippen LogP contribution in [-0.2, 0) is 6.42 Å². The number of rotatable bonds is 2. The number of anilines is 1. The number of benzene rings is 2. The van der Waals surface area contributed by atoms with Crippen LogP contribution in [0.2, 0.25) is 0 Å². The summed E-state index contributed by atoms with van der Waals surface area (Å²) in [6.45, 7) is 2.23. The Bertz CT molecular complexity index is 671. The van der Waals surface area contributed by atoms with Gasteiger partial charge in [0.25, 0.3) is 0 Å². The molecule has 1 heteroatoms. The number of fused-ring (bicyclic) bond motifs is 3. The monoisotopic (exact) mass is 275 g/mol. The van der Waals surface area contributed by atoms with E-state index in [1.807, 2.05) is 0 Å². The summed E-state index contributed by atoms with van der Waals surface area (Å²) in [6.07, 6.45) is 7.06. The lowest BCUT2D eigenvalue weighted by Crippen LogP contribution is -2.29. The van der Waals surface area contributed by atoms with Crippen LogP contribution in [0.15, 0.2) is 60.7 Å². The number of aryl methyl sites for hydroxylation is 1. The molecule has 2 aliphatic rings. The van der Waals surface area contributed by atoms with Crippen molar-refractivity contribution in [2.24, 2.45) is 5.92 Å². The van der Waals surface area contributed by atoms with Crippen molar-refractivity contribution in [3.8, 4) is 0 Å². The third kappa shape index (κ3) is 2.08. The van der Waals surface area contributed by atoms with Gasteiger partial charge in [-0.25, -0.2) is 0 Å². The summed E-state index contributed by atoms with van der Waals surface area (Å²) in [5.41, 5.74) is 5.64. The zero-order chi connectivity index (χ0) is 14.2. The fourth-order valence-corrected chi connectivity index (χ4v) is 3.85. The summed E-state index contributed by atoms with van der Waals surface area (Å²) in [5, 5.41) is 3.80. The molecule has 0 saturated carbocycles. The molecule has 21 heavy (non-hydrogen) atoms. The van der Waals surface area contributed by atoms with Gasteiger partial charge in [0.2, 0.25) is 0 Å². The molecule has 1 N–H and O–H groups in total. The van der Waals surface area contributed by atoms with Crippen LogP contribution in [0.3, 0.4) is 0 Å². The van der Waals surface area contributed by atoms with Crippen molar-refractivity contribution in [3.05, 3.63) is 77.4 Å². The average molecular weight is 275 g/mol. The summed E-state index contributed by atoms with van der Waals surface area (Å²) in [6, 6.07) is 18.2. The van der Waals surface area contributed by atoms with E-state index in [1.165, 1.54) is 28.8 Å². The molecule has 0 spiro atoms. The smallest absolute Gasteiger partial charge is 0.0553 e. The van der Waals surface area contributed by atoms with Gasteiger partial charge < -0.3 is 5.32 Å². The average Bonchev–Trinajstić information content (AvgIpc) is 3.04. The number of allylic oxidation sites excluding steroid dienone is 2. The van der Waals surface area contributed by atoms with Crippen molar-refractivity contribution < 1.29 is 0 Å². The molecule has 3 atom stereocenters. The second-order valence-electron chi connectivity index (χ2n) is 6.16. The van der Waals surface area contributed by atoms with E-state index in [2.05, 4.69) is 72.9 Å². The molecule has 1 aliphatic heterocycles. The van der Waals surface area contributed by atoms with E-state index in [4.69, 9.17) is 0 Å². The lowest BCUT2D eigenvalue weighted by molar-refractivity contribution is 0.425. The minimum Gasteiger partial charge on any atom is -0.378 e. The van der Waals surface area contributed by atoms with Crippen molar-refractivity contribution in [2.45, 2.75) is 31.7 Å². The molecule has 1 aliphatic carbocycles. The van der Waals surface area contributed by atoms with Crippen LogP contribution in [0.1, 0.15) is 42.0 Å². The van der Waals surface area contributed by atoms with Crippen LogP contribution in [0.4, 0.5) is 5.69 Å². The van der Waals surface area contributed by atoms with Crippen LogP contribution >= 0.6 is 0 Å². The first-order valence-electron chi connectivity index (χ1n) is 7.98. The minimum atomic E-state index is 0.422. The van der Waals surface area contributed by atoms with Gasteiger partial charge in [-0.15, -0.1) is 0 Å². The van der Waals surface area contributed by atoms with Crippen LogP contribution in [0.5, 0.6) is 0 Å². The molecule has 0 unspecified atom stereocenters. The predicted molar refractivity (Wildman–Crippen MR) is 88.6 cm³/mol. The number of nitrogens with one attached hydrogen (secondary N) is 1. The summed E-state index contributed by atoms with van der Waals surface area (Å²) >= 11 is 0. The lowest BCUT2D eigenvalue weighted by atomic mass is 9.76. The Labute approximate surface area is 126 Å². The Morgan fingerprint density at radius 3 is 2.76 bits per heavy atom. The highest BCUT2D eigenvalue weighted by atomic mass is 15.0. The molecule has 0 saturated heterocycles. The van der Waals surface area contributed by atoms with Gasteiger partial charge in [-0.1, -0.05) is 61.5 Å². The van der Waals surface area contributed by atoms with E-state index in [1.54, 1.807) is 0 Å². The maximum Gasteiger partial charge on any atom is 0.0553 e. The molecule has 0 fully saturated rings. The summed E-state index contributed by atoms with van der Waals surface area (Å²) in [5.74, 6) is 1.21. The van der Waals surface area contributed by atoms with Crippen molar-refractivity contribution >= 4 is 5.69 Å². The Morgan fingerprint density at radius 1 is 1.10 bits per heavy atom. The van der Waals surface area contributed by atoms with Crippen LogP contribution in [-0.4, -0.2) is 0 Å². The largest absolute Gasteiger partial charge is 0.378 e. The Kier molecular flexibility index (Phi) is 3.07. The third-order valence-electron chi connectivity index (χ3n) is 4.99. The van der Waals surface area contributed by atoms with E-state index in [0.717, 1.165) is 6.42 Å². The maximum atomic E-state index is 3.80. The second-order valence-corrected chi connectivity index (χ2v) is 6.16. The first-order valence-corrected chi connectivity index (χ1v) is 7.98. The van der Waals surface area contributed by atoms with Crippen molar-refractivity contribution in [1.82, 2.24) is 0 Å². The Balaban J connectivity index is 1.78. The summed E-state index contributed by atoms with van der Waals surface area (Å²) in [7, 11) is 0. The van der Waals surface area contributed by atoms with E-state index in [-0.39, 0.29) is 0 Å². The minimum absolute atomic E-state index is 0.422. The van der Waals surface area contributed by atoms with E-state index in [0.29, 0.717) is 17.9 Å². The fourth-order valence-electron chi connectivity index (χ4n) is 3.85. The van der Waals surface area contributed by atoms with Crippen molar-refractivity contribution in [1.29, 1.82) is 0 Å².